The van der Waals surface area contributed by atoms with Crippen LogP contribution in [0.4, 0.5) is 5.82 Å². The molecule has 0 aliphatic heterocycles. The lowest BCUT2D eigenvalue weighted by molar-refractivity contribution is 0.414. The lowest BCUT2D eigenvalue weighted by atomic mass is 9.91. The second kappa shape index (κ2) is 4.74. The van der Waals surface area contributed by atoms with Gasteiger partial charge in [-0.1, -0.05) is 37.6 Å². The van der Waals surface area contributed by atoms with Gasteiger partial charge < -0.3 is 10.5 Å². The fourth-order valence-electron chi connectivity index (χ4n) is 1.96. The van der Waals surface area contributed by atoms with Crippen LogP contribution >= 0.6 is 11.6 Å². The van der Waals surface area contributed by atoms with E-state index in [9.17, 15) is 0 Å². The highest BCUT2D eigenvalue weighted by Crippen LogP contribution is 2.31. The predicted molar refractivity (Wildman–Crippen MR) is 76.0 cm³/mol. The van der Waals surface area contributed by atoms with Crippen LogP contribution < -0.4 is 10.5 Å². The fourth-order valence-corrected chi connectivity index (χ4v) is 2.15. The summed E-state index contributed by atoms with van der Waals surface area (Å²) in [6, 6.07) is 5.43. The number of anilines is 1. The molecule has 1 heterocycles. The van der Waals surface area contributed by atoms with Gasteiger partial charge in [0.05, 0.1) is 23.5 Å². The molecule has 0 aliphatic carbocycles. The molecule has 0 saturated heterocycles. The van der Waals surface area contributed by atoms with Gasteiger partial charge in [0.2, 0.25) is 0 Å². The van der Waals surface area contributed by atoms with Crippen molar-refractivity contribution in [1.29, 1.82) is 0 Å². The van der Waals surface area contributed by atoms with Gasteiger partial charge in [-0.25, -0.2) is 4.68 Å². The largest absolute Gasteiger partial charge is 0.495 e. The molecule has 0 atom stereocenters. The van der Waals surface area contributed by atoms with Gasteiger partial charge in [0.1, 0.15) is 5.75 Å². The van der Waals surface area contributed by atoms with Crippen molar-refractivity contribution in [3.8, 4) is 11.4 Å². The minimum Gasteiger partial charge on any atom is -0.495 e. The van der Waals surface area contributed by atoms with Gasteiger partial charge in [-0.05, 0) is 12.1 Å². The zero-order valence-corrected chi connectivity index (χ0v) is 12.2. The number of nitrogens with zero attached hydrogens (tertiary/aromatic N) is 3. The van der Waals surface area contributed by atoms with Gasteiger partial charge in [0.25, 0.3) is 0 Å². The molecule has 1 aromatic heterocycles. The minimum atomic E-state index is -0.166. The van der Waals surface area contributed by atoms with Crippen LogP contribution in [0.2, 0.25) is 5.02 Å². The van der Waals surface area contributed by atoms with Gasteiger partial charge in [0.15, 0.2) is 5.82 Å². The summed E-state index contributed by atoms with van der Waals surface area (Å²) < 4.78 is 6.93. The van der Waals surface area contributed by atoms with Crippen LogP contribution in [-0.4, -0.2) is 22.1 Å². The first-order valence-electron chi connectivity index (χ1n) is 5.90. The van der Waals surface area contributed by atoms with Gasteiger partial charge in [-0.2, -0.15) is 0 Å². The van der Waals surface area contributed by atoms with Crippen LogP contribution in [-0.2, 0) is 5.41 Å². The number of benzene rings is 1. The molecule has 0 amide bonds. The molecule has 0 bridgehead atoms. The van der Waals surface area contributed by atoms with E-state index in [2.05, 4.69) is 31.1 Å². The standard InChI is InChI=1S/C13H17ClN4O/c1-13(2,3)11-12(15)16-17-18(11)8-5-6-9(14)10(7-8)19-4/h5-7H,15H2,1-4H3. The van der Waals surface area contributed by atoms with E-state index in [4.69, 9.17) is 22.1 Å². The normalized spacial score (nSPS) is 11.6. The molecule has 0 fully saturated rings. The maximum absolute atomic E-state index is 6.02. The van der Waals surface area contributed by atoms with Crippen molar-refractivity contribution < 1.29 is 4.74 Å². The van der Waals surface area contributed by atoms with Crippen LogP contribution in [0.5, 0.6) is 5.75 Å². The molecular weight excluding hydrogens is 264 g/mol. The molecule has 5 nitrogen and oxygen atoms in total. The van der Waals surface area contributed by atoms with E-state index in [0.717, 1.165) is 11.4 Å². The third-order valence-electron chi connectivity index (χ3n) is 2.79. The number of hydrogen-bond donors (Lipinski definition) is 1. The van der Waals surface area contributed by atoms with Crippen LogP contribution in [0.1, 0.15) is 26.5 Å². The Kier molecular flexibility index (Phi) is 3.41. The lowest BCUT2D eigenvalue weighted by Gasteiger charge is -2.20. The Balaban J connectivity index is 2.60. The molecule has 2 rings (SSSR count). The maximum atomic E-state index is 6.02. The summed E-state index contributed by atoms with van der Waals surface area (Å²) in [6.45, 7) is 6.18. The first kappa shape index (κ1) is 13.7. The Labute approximate surface area is 117 Å². The second-order valence-corrected chi connectivity index (χ2v) is 5.71. The molecule has 0 spiro atoms. The first-order valence-corrected chi connectivity index (χ1v) is 6.28. The second-order valence-electron chi connectivity index (χ2n) is 5.30. The summed E-state index contributed by atoms with van der Waals surface area (Å²) in [4.78, 5) is 0. The smallest absolute Gasteiger partial charge is 0.170 e. The van der Waals surface area contributed by atoms with Crippen LogP contribution in [0.25, 0.3) is 5.69 Å². The maximum Gasteiger partial charge on any atom is 0.170 e. The van der Waals surface area contributed by atoms with Crippen molar-refractivity contribution in [1.82, 2.24) is 15.0 Å². The molecule has 19 heavy (non-hydrogen) atoms. The summed E-state index contributed by atoms with van der Waals surface area (Å²) in [5, 5.41) is 8.61. The van der Waals surface area contributed by atoms with Crippen LogP contribution in [0, 0.1) is 0 Å². The van der Waals surface area contributed by atoms with Crippen molar-refractivity contribution in [2.24, 2.45) is 0 Å². The summed E-state index contributed by atoms with van der Waals surface area (Å²) in [7, 11) is 1.57. The van der Waals surface area contributed by atoms with E-state index in [1.807, 2.05) is 12.1 Å². The number of methoxy groups -OCH3 is 1. The number of aromatic nitrogens is 3. The SMILES string of the molecule is COc1cc(-n2nnc(N)c2C(C)(C)C)ccc1Cl. The number of halogens is 1. The molecule has 0 radical (unpaired) electrons. The fraction of sp³-hybridized carbons (Fsp3) is 0.385. The van der Waals surface area contributed by atoms with Crippen molar-refractivity contribution >= 4 is 17.4 Å². The molecule has 0 unspecified atom stereocenters. The van der Waals surface area contributed by atoms with Crippen molar-refractivity contribution in [2.75, 3.05) is 12.8 Å². The minimum absolute atomic E-state index is 0.166. The molecule has 6 heteroatoms. The highest BCUT2D eigenvalue weighted by atomic mass is 35.5. The highest BCUT2D eigenvalue weighted by molar-refractivity contribution is 6.32. The summed E-state index contributed by atoms with van der Waals surface area (Å²) in [5.74, 6) is 1.02. The van der Waals surface area contributed by atoms with Gasteiger partial charge in [-0.3, -0.25) is 0 Å². The zero-order chi connectivity index (χ0) is 14.2. The van der Waals surface area contributed by atoms with Crippen molar-refractivity contribution in [3.63, 3.8) is 0 Å². The van der Waals surface area contributed by atoms with E-state index < -0.39 is 0 Å². The Morgan fingerprint density at radius 1 is 1.32 bits per heavy atom. The molecule has 0 aliphatic rings. The summed E-state index contributed by atoms with van der Waals surface area (Å²) in [6.07, 6.45) is 0. The third-order valence-corrected chi connectivity index (χ3v) is 3.10. The Bertz CT molecular complexity index is 601. The van der Waals surface area contributed by atoms with Crippen LogP contribution in [0.15, 0.2) is 18.2 Å². The topological polar surface area (TPSA) is 66.0 Å². The zero-order valence-electron chi connectivity index (χ0n) is 11.4. The molecular formula is C13H17ClN4O. The predicted octanol–water partition coefficient (Wildman–Crippen LogP) is 2.81. The molecule has 2 N–H and O–H groups in total. The van der Waals surface area contributed by atoms with Gasteiger partial charge >= 0.3 is 0 Å². The molecule has 102 valence electrons. The Morgan fingerprint density at radius 2 is 2.00 bits per heavy atom. The number of nitrogen functional groups attached to an aromatic ring is 1. The quantitative estimate of drug-likeness (QED) is 0.919. The van der Waals surface area contributed by atoms with E-state index >= 15 is 0 Å². The number of rotatable bonds is 2. The van der Waals surface area contributed by atoms with Crippen molar-refractivity contribution in [2.45, 2.75) is 26.2 Å². The monoisotopic (exact) mass is 280 g/mol. The molecule has 2 aromatic rings. The third kappa shape index (κ3) is 2.51. The first-order chi connectivity index (χ1) is 8.84. The van der Waals surface area contributed by atoms with E-state index in [-0.39, 0.29) is 5.41 Å². The Hall–Kier alpha value is -1.75. The van der Waals surface area contributed by atoms with Gasteiger partial charge in [0, 0.05) is 11.5 Å². The lowest BCUT2D eigenvalue weighted by Crippen LogP contribution is -2.19. The van der Waals surface area contributed by atoms with E-state index in [0.29, 0.717) is 16.6 Å². The van der Waals surface area contributed by atoms with Gasteiger partial charge in [-0.15, -0.1) is 5.10 Å². The average Bonchev–Trinajstić information content (AvgIpc) is 2.71. The van der Waals surface area contributed by atoms with E-state index in [1.54, 1.807) is 17.9 Å². The average molecular weight is 281 g/mol. The number of hydrogen-bond acceptors (Lipinski definition) is 4. The molecule has 1 aromatic carbocycles. The number of ether oxygens (including phenoxy) is 1. The Morgan fingerprint density at radius 3 is 2.58 bits per heavy atom. The highest BCUT2D eigenvalue weighted by Gasteiger charge is 2.25. The summed E-state index contributed by atoms with van der Waals surface area (Å²) >= 11 is 6.02. The number of nitrogens with two attached hydrogens (primary N) is 1. The molecule has 0 saturated carbocycles. The van der Waals surface area contributed by atoms with Crippen molar-refractivity contribution in [3.05, 3.63) is 28.9 Å². The summed E-state index contributed by atoms with van der Waals surface area (Å²) in [5.41, 5.74) is 7.42. The van der Waals surface area contributed by atoms with Crippen LogP contribution in [0.3, 0.4) is 0 Å². The van der Waals surface area contributed by atoms with E-state index in [1.165, 1.54) is 0 Å².